The molecule has 1 unspecified atom stereocenters. The van der Waals surface area contributed by atoms with Crippen molar-refractivity contribution < 1.29 is 24.2 Å². The third-order valence-electron chi connectivity index (χ3n) is 3.80. The van der Waals surface area contributed by atoms with Crippen molar-refractivity contribution in [3.63, 3.8) is 0 Å². The lowest BCUT2D eigenvalue weighted by Gasteiger charge is -2.14. The molecular weight excluding hydrogens is 348 g/mol. The number of rotatable bonds is 8. The second-order valence-corrected chi connectivity index (χ2v) is 5.75. The van der Waals surface area contributed by atoms with Gasteiger partial charge >= 0.3 is 12.1 Å². The average molecular weight is 366 g/mol. The molecule has 0 fully saturated rings. The SMILES string of the molecule is N#Cc1ccc(COC(=O)NC(CCC(=O)c2ccccc2)C(=O)O)cc1. The van der Waals surface area contributed by atoms with Crippen LogP contribution in [0, 0.1) is 11.3 Å². The summed E-state index contributed by atoms with van der Waals surface area (Å²) in [7, 11) is 0. The summed E-state index contributed by atoms with van der Waals surface area (Å²) in [5.41, 5.74) is 1.64. The molecule has 0 spiro atoms. The Balaban J connectivity index is 1.83. The largest absolute Gasteiger partial charge is 0.480 e. The van der Waals surface area contributed by atoms with Gasteiger partial charge in [0.05, 0.1) is 11.6 Å². The van der Waals surface area contributed by atoms with Crippen LogP contribution in [-0.4, -0.2) is 29.0 Å². The molecule has 0 radical (unpaired) electrons. The number of aliphatic carboxylic acids is 1. The van der Waals surface area contributed by atoms with Gasteiger partial charge in [-0.2, -0.15) is 5.26 Å². The van der Waals surface area contributed by atoms with Gasteiger partial charge in [-0.15, -0.1) is 0 Å². The molecule has 0 saturated heterocycles. The Bertz CT molecular complexity index is 841. The summed E-state index contributed by atoms with van der Waals surface area (Å²) in [5, 5.41) is 20.2. The van der Waals surface area contributed by atoms with Crippen LogP contribution in [0.25, 0.3) is 0 Å². The first-order valence-corrected chi connectivity index (χ1v) is 8.23. The molecule has 2 N–H and O–H groups in total. The van der Waals surface area contributed by atoms with E-state index in [2.05, 4.69) is 5.32 Å². The van der Waals surface area contributed by atoms with E-state index in [1.54, 1.807) is 54.6 Å². The van der Waals surface area contributed by atoms with Crippen molar-refractivity contribution in [3.8, 4) is 6.07 Å². The fourth-order valence-electron chi connectivity index (χ4n) is 2.31. The molecule has 27 heavy (non-hydrogen) atoms. The molecule has 0 heterocycles. The summed E-state index contributed by atoms with van der Waals surface area (Å²) in [5.74, 6) is -1.44. The van der Waals surface area contributed by atoms with Crippen LogP contribution in [0.5, 0.6) is 0 Å². The number of hydrogen-bond donors (Lipinski definition) is 2. The molecule has 1 amide bonds. The van der Waals surface area contributed by atoms with E-state index in [0.717, 1.165) is 0 Å². The molecule has 2 aromatic rings. The summed E-state index contributed by atoms with van der Waals surface area (Å²) in [4.78, 5) is 35.2. The van der Waals surface area contributed by atoms with Gasteiger partial charge < -0.3 is 15.2 Å². The molecule has 0 aliphatic heterocycles. The van der Waals surface area contributed by atoms with Crippen molar-refractivity contribution in [2.24, 2.45) is 0 Å². The number of nitrogens with zero attached hydrogens (tertiary/aromatic N) is 1. The van der Waals surface area contributed by atoms with E-state index in [-0.39, 0.29) is 25.2 Å². The lowest BCUT2D eigenvalue weighted by molar-refractivity contribution is -0.139. The number of carboxylic acids is 1. The zero-order valence-electron chi connectivity index (χ0n) is 14.4. The van der Waals surface area contributed by atoms with E-state index in [9.17, 15) is 19.5 Å². The lowest BCUT2D eigenvalue weighted by Crippen LogP contribution is -2.41. The first kappa shape index (κ1) is 19.7. The van der Waals surface area contributed by atoms with Crippen molar-refractivity contribution in [2.75, 3.05) is 0 Å². The van der Waals surface area contributed by atoms with Gasteiger partial charge in [0.1, 0.15) is 12.6 Å². The van der Waals surface area contributed by atoms with Crippen molar-refractivity contribution in [1.29, 1.82) is 5.26 Å². The molecule has 1 atom stereocenters. The van der Waals surface area contributed by atoms with E-state index in [4.69, 9.17) is 10.00 Å². The monoisotopic (exact) mass is 366 g/mol. The van der Waals surface area contributed by atoms with Crippen LogP contribution in [0.2, 0.25) is 0 Å². The number of amides is 1. The topological polar surface area (TPSA) is 116 Å². The van der Waals surface area contributed by atoms with Crippen LogP contribution in [0.15, 0.2) is 54.6 Å². The van der Waals surface area contributed by atoms with Crippen molar-refractivity contribution in [2.45, 2.75) is 25.5 Å². The molecule has 0 saturated carbocycles. The van der Waals surface area contributed by atoms with Crippen LogP contribution >= 0.6 is 0 Å². The van der Waals surface area contributed by atoms with Crippen molar-refractivity contribution >= 4 is 17.8 Å². The van der Waals surface area contributed by atoms with E-state index >= 15 is 0 Å². The molecule has 138 valence electrons. The maximum atomic E-state index is 12.1. The lowest BCUT2D eigenvalue weighted by atomic mass is 10.0. The zero-order chi connectivity index (χ0) is 19.6. The predicted octanol–water partition coefficient (Wildman–Crippen LogP) is 2.90. The summed E-state index contributed by atoms with van der Waals surface area (Å²) < 4.78 is 4.99. The maximum absolute atomic E-state index is 12.1. The standard InChI is InChI=1S/C20H18N2O5/c21-12-14-6-8-15(9-7-14)13-27-20(26)22-17(19(24)25)10-11-18(23)16-4-2-1-3-5-16/h1-9,17H,10-11,13H2,(H,22,26)(H,24,25). The first-order chi connectivity index (χ1) is 13.0. The van der Waals surface area contributed by atoms with Gasteiger partial charge in [-0.25, -0.2) is 9.59 Å². The Kier molecular flexibility index (Phi) is 7.08. The summed E-state index contributed by atoms with van der Waals surface area (Å²) in [6, 6.07) is 15.7. The average Bonchev–Trinajstić information content (AvgIpc) is 2.70. The molecule has 0 aliphatic carbocycles. The Labute approximate surface area is 156 Å². The van der Waals surface area contributed by atoms with Gasteiger partial charge in [-0.05, 0) is 24.1 Å². The van der Waals surface area contributed by atoms with Crippen LogP contribution in [0.3, 0.4) is 0 Å². The fourth-order valence-corrected chi connectivity index (χ4v) is 2.31. The van der Waals surface area contributed by atoms with Crippen molar-refractivity contribution in [1.82, 2.24) is 5.32 Å². The number of hydrogen-bond acceptors (Lipinski definition) is 5. The van der Waals surface area contributed by atoms with E-state index in [1.165, 1.54) is 0 Å². The quantitative estimate of drug-likeness (QED) is 0.694. The smallest absolute Gasteiger partial charge is 0.408 e. The Morgan fingerprint density at radius 2 is 1.74 bits per heavy atom. The Hall–Kier alpha value is -3.66. The number of carbonyl (C=O) groups is 3. The normalized spacial score (nSPS) is 11.1. The van der Waals surface area contributed by atoms with E-state index in [0.29, 0.717) is 16.7 Å². The number of nitriles is 1. The maximum Gasteiger partial charge on any atom is 0.408 e. The Morgan fingerprint density at radius 1 is 1.07 bits per heavy atom. The third kappa shape index (κ3) is 6.29. The summed E-state index contributed by atoms with van der Waals surface area (Å²) >= 11 is 0. The van der Waals surface area contributed by atoms with Gasteiger partial charge in [-0.1, -0.05) is 42.5 Å². The number of carboxylic acid groups (broad SMARTS) is 1. The highest BCUT2D eigenvalue weighted by atomic mass is 16.5. The minimum absolute atomic E-state index is 0.0170. The Morgan fingerprint density at radius 3 is 2.33 bits per heavy atom. The molecule has 7 heteroatoms. The highest BCUT2D eigenvalue weighted by molar-refractivity contribution is 5.96. The number of Topliss-reactive ketones (excluding diaryl/α,β-unsaturated/α-hetero) is 1. The van der Waals surface area contributed by atoms with Gasteiger partial charge in [0.15, 0.2) is 5.78 Å². The highest BCUT2D eigenvalue weighted by Crippen LogP contribution is 2.08. The molecule has 0 aromatic heterocycles. The molecule has 0 aliphatic rings. The second-order valence-electron chi connectivity index (χ2n) is 5.75. The van der Waals surface area contributed by atoms with Gasteiger partial charge in [-0.3, -0.25) is 4.79 Å². The third-order valence-corrected chi connectivity index (χ3v) is 3.80. The summed E-state index contributed by atoms with van der Waals surface area (Å²) in [6.45, 7) is -0.0627. The number of alkyl carbamates (subject to hydrolysis) is 1. The number of nitrogens with one attached hydrogen (secondary N) is 1. The number of benzene rings is 2. The minimum atomic E-state index is -1.24. The molecule has 2 rings (SSSR count). The number of ketones is 1. The molecule has 2 aromatic carbocycles. The minimum Gasteiger partial charge on any atom is -0.480 e. The molecule has 7 nitrogen and oxygen atoms in total. The van der Waals surface area contributed by atoms with Gasteiger partial charge in [0.25, 0.3) is 0 Å². The predicted molar refractivity (Wildman–Crippen MR) is 95.9 cm³/mol. The zero-order valence-corrected chi connectivity index (χ0v) is 14.4. The van der Waals surface area contributed by atoms with Crippen LogP contribution in [0.4, 0.5) is 4.79 Å². The van der Waals surface area contributed by atoms with Gasteiger partial charge in [0.2, 0.25) is 0 Å². The van der Waals surface area contributed by atoms with Crippen LogP contribution < -0.4 is 5.32 Å². The van der Waals surface area contributed by atoms with Crippen LogP contribution in [0.1, 0.15) is 34.3 Å². The second kappa shape index (κ2) is 9.73. The van der Waals surface area contributed by atoms with Crippen molar-refractivity contribution in [3.05, 3.63) is 71.3 Å². The molecule has 0 bridgehead atoms. The number of carbonyl (C=O) groups excluding carboxylic acids is 2. The van der Waals surface area contributed by atoms with Gasteiger partial charge in [0, 0.05) is 12.0 Å². The van der Waals surface area contributed by atoms with Crippen LogP contribution in [-0.2, 0) is 16.1 Å². The summed E-state index contributed by atoms with van der Waals surface area (Å²) in [6.07, 6.45) is -0.953. The fraction of sp³-hybridized carbons (Fsp3) is 0.200. The van der Waals surface area contributed by atoms with E-state index in [1.807, 2.05) is 6.07 Å². The van der Waals surface area contributed by atoms with E-state index < -0.39 is 18.1 Å². The molecular formula is C20H18N2O5. The first-order valence-electron chi connectivity index (χ1n) is 8.23. The highest BCUT2D eigenvalue weighted by Gasteiger charge is 2.22. The number of ether oxygens (including phenoxy) is 1.